The lowest BCUT2D eigenvalue weighted by Gasteiger charge is -2.19. The molecule has 8 heteroatoms. The van der Waals surface area contributed by atoms with Crippen LogP contribution in [0.15, 0.2) is 0 Å². The van der Waals surface area contributed by atoms with Gasteiger partial charge in [0.1, 0.15) is 5.25 Å². The lowest BCUT2D eigenvalue weighted by atomic mass is 10.2. The maximum atomic E-state index is 11.6. The van der Waals surface area contributed by atoms with Gasteiger partial charge in [0.05, 0.1) is 5.92 Å². The molecule has 7 nitrogen and oxygen atoms in total. The number of rotatable bonds is 8. The lowest BCUT2D eigenvalue weighted by molar-refractivity contribution is -0.168. The second-order valence-corrected chi connectivity index (χ2v) is 7.32. The van der Waals surface area contributed by atoms with Crippen molar-refractivity contribution in [2.75, 3.05) is 6.54 Å². The highest BCUT2D eigenvalue weighted by molar-refractivity contribution is 8.01. The predicted molar refractivity (Wildman–Crippen MR) is 86.1 cm³/mol. The van der Waals surface area contributed by atoms with Gasteiger partial charge in [0.15, 0.2) is 0 Å². The van der Waals surface area contributed by atoms with Gasteiger partial charge in [0.2, 0.25) is 6.29 Å². The summed E-state index contributed by atoms with van der Waals surface area (Å²) in [4.78, 5) is 34.3. The van der Waals surface area contributed by atoms with Crippen LogP contribution in [-0.4, -0.2) is 46.5 Å². The van der Waals surface area contributed by atoms with Gasteiger partial charge in [-0.15, -0.1) is 11.8 Å². The number of carboxylic acids is 1. The Hall–Kier alpha value is -1.44. The van der Waals surface area contributed by atoms with Crippen LogP contribution in [0, 0.1) is 5.92 Å². The van der Waals surface area contributed by atoms with Crippen molar-refractivity contribution in [1.29, 1.82) is 0 Å². The number of esters is 1. The second-order valence-electron chi connectivity index (χ2n) is 5.81. The highest BCUT2D eigenvalue weighted by Gasteiger charge is 2.26. The first-order valence-corrected chi connectivity index (χ1v) is 8.77. The summed E-state index contributed by atoms with van der Waals surface area (Å²) >= 11 is 1.38. The summed E-state index contributed by atoms with van der Waals surface area (Å²) in [7, 11) is 0. The molecule has 23 heavy (non-hydrogen) atoms. The lowest BCUT2D eigenvalue weighted by Crippen LogP contribution is -2.38. The molecular formula is C15H25NO6S. The van der Waals surface area contributed by atoms with Crippen LogP contribution in [0.5, 0.6) is 0 Å². The van der Waals surface area contributed by atoms with Crippen molar-refractivity contribution in [3.8, 4) is 0 Å². The monoisotopic (exact) mass is 347 g/mol. The van der Waals surface area contributed by atoms with Gasteiger partial charge in [-0.2, -0.15) is 0 Å². The molecule has 2 N–H and O–H groups in total. The Bertz CT molecular complexity index is 422. The smallest absolute Gasteiger partial charge is 0.410 e. The van der Waals surface area contributed by atoms with Gasteiger partial charge in [-0.1, -0.05) is 26.7 Å². The first kappa shape index (κ1) is 19.6. The molecule has 0 aromatic heterocycles. The highest BCUT2D eigenvalue weighted by atomic mass is 32.2. The number of carbonyl (C=O) groups excluding carboxylic acids is 2. The summed E-state index contributed by atoms with van der Waals surface area (Å²) in [5.41, 5.74) is 0. The molecule has 0 saturated heterocycles. The third-order valence-corrected chi connectivity index (χ3v) is 4.95. The van der Waals surface area contributed by atoms with Crippen LogP contribution in [-0.2, 0) is 19.1 Å². The van der Waals surface area contributed by atoms with Gasteiger partial charge in [-0.3, -0.25) is 9.59 Å². The van der Waals surface area contributed by atoms with Gasteiger partial charge in [0, 0.05) is 18.7 Å². The van der Waals surface area contributed by atoms with Gasteiger partial charge in [0.25, 0.3) is 0 Å². The number of hydrogen-bond acceptors (Lipinski definition) is 6. The molecule has 0 aromatic rings. The Morgan fingerprint density at radius 3 is 2.30 bits per heavy atom. The average molecular weight is 347 g/mol. The zero-order chi connectivity index (χ0) is 17.4. The molecule has 1 aliphatic carbocycles. The average Bonchev–Trinajstić information content (AvgIpc) is 2.95. The Kier molecular flexibility index (Phi) is 8.22. The van der Waals surface area contributed by atoms with Gasteiger partial charge < -0.3 is 19.9 Å². The van der Waals surface area contributed by atoms with Crippen molar-refractivity contribution >= 4 is 29.8 Å². The van der Waals surface area contributed by atoms with Gasteiger partial charge >= 0.3 is 18.0 Å². The summed E-state index contributed by atoms with van der Waals surface area (Å²) in [6.07, 6.45) is 2.46. The van der Waals surface area contributed by atoms with E-state index in [4.69, 9.17) is 9.47 Å². The fourth-order valence-corrected chi connectivity index (χ4v) is 3.51. The van der Waals surface area contributed by atoms with E-state index < -0.39 is 29.6 Å². The van der Waals surface area contributed by atoms with Crippen molar-refractivity contribution in [3.63, 3.8) is 0 Å². The SMILES string of the molecule is CC(C)C(=O)O[C@H](C)OC(=O)NC[C@H](SC1CCCC1)C(=O)O. The summed E-state index contributed by atoms with van der Waals surface area (Å²) < 4.78 is 9.78. The molecule has 0 spiro atoms. The van der Waals surface area contributed by atoms with Gasteiger partial charge in [-0.25, -0.2) is 4.79 Å². The quantitative estimate of drug-likeness (QED) is 0.513. The molecule has 2 atom stereocenters. The van der Waals surface area contributed by atoms with Crippen LogP contribution in [0.1, 0.15) is 46.5 Å². The number of aliphatic carboxylic acids is 1. The van der Waals surface area contributed by atoms with E-state index in [9.17, 15) is 19.5 Å². The molecule has 0 aliphatic heterocycles. The summed E-state index contributed by atoms with van der Waals surface area (Å²) in [6, 6.07) is 0. The minimum absolute atomic E-state index is 0.0276. The minimum atomic E-state index is -1.02. The van der Waals surface area contributed by atoms with E-state index in [1.165, 1.54) is 18.7 Å². The first-order chi connectivity index (χ1) is 10.8. The van der Waals surface area contributed by atoms with Crippen molar-refractivity contribution in [2.45, 2.75) is 63.2 Å². The van der Waals surface area contributed by atoms with E-state index >= 15 is 0 Å². The number of hydrogen-bond donors (Lipinski definition) is 2. The Labute approximate surface area is 140 Å². The predicted octanol–water partition coefficient (Wildman–Crippen LogP) is 2.39. The molecule has 0 bridgehead atoms. The largest absolute Gasteiger partial charge is 0.480 e. The molecule has 1 fully saturated rings. The summed E-state index contributed by atoms with van der Waals surface area (Å²) in [5.74, 6) is -1.74. The molecule has 1 amide bonds. The van der Waals surface area contributed by atoms with E-state index in [0.717, 1.165) is 25.7 Å². The van der Waals surface area contributed by atoms with Crippen molar-refractivity contribution in [3.05, 3.63) is 0 Å². The first-order valence-electron chi connectivity index (χ1n) is 7.82. The van der Waals surface area contributed by atoms with E-state index in [0.29, 0.717) is 5.25 Å². The molecule has 1 aliphatic rings. The number of amides is 1. The standard InChI is InChI=1S/C15H25NO6S/c1-9(2)14(19)21-10(3)22-15(20)16-8-12(13(17)18)23-11-6-4-5-7-11/h9-12H,4-8H2,1-3H3,(H,16,20)(H,17,18)/t10-,12-/m0/s1. The Balaban J connectivity index is 2.33. The number of carbonyl (C=O) groups is 3. The topological polar surface area (TPSA) is 102 Å². The molecule has 1 rings (SSSR count). The third kappa shape index (κ3) is 7.58. The highest BCUT2D eigenvalue weighted by Crippen LogP contribution is 2.32. The molecule has 0 radical (unpaired) electrons. The molecular weight excluding hydrogens is 322 g/mol. The normalized spacial score (nSPS) is 17.6. The van der Waals surface area contributed by atoms with Gasteiger partial charge in [-0.05, 0) is 12.8 Å². The van der Waals surface area contributed by atoms with E-state index in [-0.39, 0.29) is 12.5 Å². The van der Waals surface area contributed by atoms with Crippen LogP contribution in [0.4, 0.5) is 4.79 Å². The van der Waals surface area contributed by atoms with Crippen LogP contribution in [0.25, 0.3) is 0 Å². The summed E-state index contributed by atoms with van der Waals surface area (Å²) in [6.45, 7) is 4.75. The number of ether oxygens (including phenoxy) is 2. The molecule has 0 unspecified atom stereocenters. The second kappa shape index (κ2) is 9.64. The van der Waals surface area contributed by atoms with E-state index in [2.05, 4.69) is 5.32 Å². The number of thioether (sulfide) groups is 1. The maximum Gasteiger partial charge on any atom is 0.410 e. The van der Waals surface area contributed by atoms with E-state index in [1.807, 2.05) is 0 Å². The fraction of sp³-hybridized carbons (Fsp3) is 0.800. The molecule has 0 aromatic carbocycles. The Morgan fingerprint density at radius 1 is 1.17 bits per heavy atom. The molecule has 1 saturated carbocycles. The Morgan fingerprint density at radius 2 is 1.78 bits per heavy atom. The molecule has 132 valence electrons. The van der Waals surface area contributed by atoms with Crippen LogP contribution in [0.2, 0.25) is 0 Å². The van der Waals surface area contributed by atoms with Crippen LogP contribution in [0.3, 0.4) is 0 Å². The van der Waals surface area contributed by atoms with E-state index in [1.54, 1.807) is 13.8 Å². The van der Waals surface area contributed by atoms with Crippen LogP contribution < -0.4 is 5.32 Å². The van der Waals surface area contributed by atoms with Crippen molar-refractivity contribution in [1.82, 2.24) is 5.32 Å². The number of nitrogens with one attached hydrogen (secondary N) is 1. The zero-order valence-electron chi connectivity index (χ0n) is 13.7. The molecule has 0 heterocycles. The van der Waals surface area contributed by atoms with Crippen molar-refractivity contribution in [2.24, 2.45) is 5.92 Å². The number of carboxylic acid groups (broad SMARTS) is 1. The van der Waals surface area contributed by atoms with Crippen molar-refractivity contribution < 1.29 is 29.0 Å². The fourth-order valence-electron chi connectivity index (χ4n) is 2.14. The number of alkyl carbamates (subject to hydrolysis) is 1. The summed E-state index contributed by atoms with van der Waals surface area (Å²) in [5, 5.41) is 11.3. The maximum absolute atomic E-state index is 11.6. The zero-order valence-corrected chi connectivity index (χ0v) is 14.6. The van der Waals surface area contributed by atoms with Crippen LogP contribution >= 0.6 is 11.8 Å². The third-order valence-electron chi connectivity index (χ3n) is 3.39. The minimum Gasteiger partial charge on any atom is -0.480 e.